The summed E-state index contributed by atoms with van der Waals surface area (Å²) in [6, 6.07) is 8.09. The summed E-state index contributed by atoms with van der Waals surface area (Å²) in [5.41, 5.74) is 0.111. The van der Waals surface area contributed by atoms with Gasteiger partial charge in [0.05, 0.1) is 5.56 Å². The van der Waals surface area contributed by atoms with E-state index >= 15 is 0 Å². The van der Waals surface area contributed by atoms with Gasteiger partial charge in [0.1, 0.15) is 11.0 Å². The van der Waals surface area contributed by atoms with Crippen LogP contribution in [0.5, 0.6) is 0 Å². The lowest BCUT2D eigenvalue weighted by atomic mass is 10.3. The molecule has 0 atom stereocenters. The van der Waals surface area contributed by atoms with Gasteiger partial charge >= 0.3 is 5.97 Å². The average Bonchev–Trinajstić information content (AvgIpc) is 2.46. The van der Waals surface area contributed by atoms with Crippen LogP contribution in [-0.4, -0.2) is 28.5 Å². The summed E-state index contributed by atoms with van der Waals surface area (Å²) in [6.07, 6.45) is 2.99. The molecule has 1 amide bonds. The van der Waals surface area contributed by atoms with E-state index in [1.807, 2.05) is 0 Å². The van der Waals surface area contributed by atoms with E-state index in [0.29, 0.717) is 5.82 Å². The van der Waals surface area contributed by atoms with Gasteiger partial charge in [-0.1, -0.05) is 17.7 Å². The predicted molar refractivity (Wildman–Crippen MR) is 72.4 cm³/mol. The summed E-state index contributed by atoms with van der Waals surface area (Å²) in [7, 11) is 0. The Morgan fingerprint density at radius 1 is 1.15 bits per heavy atom. The maximum absolute atomic E-state index is 11.7. The van der Waals surface area contributed by atoms with Gasteiger partial charge in [0.25, 0.3) is 5.91 Å². The molecule has 2 aromatic heterocycles. The molecule has 0 aliphatic carbocycles. The van der Waals surface area contributed by atoms with Gasteiger partial charge in [0, 0.05) is 12.4 Å². The molecule has 0 bridgehead atoms. The number of esters is 1. The van der Waals surface area contributed by atoms with E-state index in [2.05, 4.69) is 15.3 Å². The lowest BCUT2D eigenvalue weighted by molar-refractivity contribution is -0.119. The van der Waals surface area contributed by atoms with Crippen LogP contribution >= 0.6 is 11.6 Å². The van der Waals surface area contributed by atoms with Crippen molar-refractivity contribution in [2.24, 2.45) is 0 Å². The second kappa shape index (κ2) is 6.63. The minimum Gasteiger partial charge on any atom is -0.452 e. The number of amides is 1. The summed E-state index contributed by atoms with van der Waals surface area (Å²) in [4.78, 5) is 30.9. The fourth-order valence-corrected chi connectivity index (χ4v) is 1.56. The zero-order chi connectivity index (χ0) is 14.4. The van der Waals surface area contributed by atoms with E-state index in [4.69, 9.17) is 16.3 Å². The zero-order valence-electron chi connectivity index (χ0n) is 10.2. The van der Waals surface area contributed by atoms with Crippen molar-refractivity contribution in [1.82, 2.24) is 9.97 Å². The van der Waals surface area contributed by atoms with Crippen molar-refractivity contribution in [3.05, 3.63) is 53.4 Å². The molecule has 102 valence electrons. The van der Waals surface area contributed by atoms with Crippen molar-refractivity contribution in [2.45, 2.75) is 0 Å². The summed E-state index contributed by atoms with van der Waals surface area (Å²) in [5, 5.41) is 2.52. The van der Waals surface area contributed by atoms with Crippen molar-refractivity contribution < 1.29 is 14.3 Å². The van der Waals surface area contributed by atoms with E-state index in [1.165, 1.54) is 18.5 Å². The number of anilines is 1. The fraction of sp³-hybridized carbons (Fsp3) is 0.0769. The molecule has 20 heavy (non-hydrogen) atoms. The highest BCUT2D eigenvalue weighted by Crippen LogP contribution is 2.12. The molecule has 7 heteroatoms. The summed E-state index contributed by atoms with van der Waals surface area (Å²) in [6.45, 7) is -0.430. The molecule has 0 aromatic carbocycles. The molecule has 0 saturated carbocycles. The van der Waals surface area contributed by atoms with Crippen molar-refractivity contribution in [3.63, 3.8) is 0 Å². The Labute approximate surface area is 119 Å². The second-order valence-corrected chi connectivity index (χ2v) is 4.04. The predicted octanol–water partition coefficient (Wildman–Crippen LogP) is 1.93. The molecule has 1 N–H and O–H groups in total. The number of nitrogens with zero attached hydrogens (tertiary/aromatic N) is 2. The first kappa shape index (κ1) is 14.0. The SMILES string of the molecule is O=C(COC(=O)c1cccnc1Cl)Nc1ccccn1. The van der Waals surface area contributed by atoms with Crippen LogP contribution < -0.4 is 5.32 Å². The van der Waals surface area contributed by atoms with Gasteiger partial charge in [-0.3, -0.25) is 4.79 Å². The molecule has 0 unspecified atom stereocenters. The van der Waals surface area contributed by atoms with E-state index in [-0.39, 0.29) is 10.7 Å². The third-order valence-electron chi connectivity index (χ3n) is 2.25. The third kappa shape index (κ3) is 3.76. The Balaban J connectivity index is 1.88. The van der Waals surface area contributed by atoms with Crippen LogP contribution in [0.4, 0.5) is 5.82 Å². The largest absolute Gasteiger partial charge is 0.452 e. The first-order valence-electron chi connectivity index (χ1n) is 5.65. The summed E-state index contributed by atoms with van der Waals surface area (Å²) >= 11 is 5.74. The molecular weight excluding hydrogens is 282 g/mol. The smallest absolute Gasteiger partial charge is 0.341 e. The molecule has 0 spiro atoms. The molecule has 0 fully saturated rings. The minimum atomic E-state index is -0.709. The number of hydrogen-bond acceptors (Lipinski definition) is 5. The van der Waals surface area contributed by atoms with Gasteiger partial charge in [0.2, 0.25) is 0 Å². The Morgan fingerprint density at radius 2 is 1.95 bits per heavy atom. The van der Waals surface area contributed by atoms with Gasteiger partial charge < -0.3 is 10.1 Å². The van der Waals surface area contributed by atoms with Crippen LogP contribution in [0.15, 0.2) is 42.7 Å². The summed E-state index contributed by atoms with van der Waals surface area (Å²) in [5.74, 6) is -0.815. The number of carbonyl (C=O) groups is 2. The number of halogens is 1. The van der Waals surface area contributed by atoms with Crippen LogP contribution in [0, 0.1) is 0 Å². The minimum absolute atomic E-state index is 0.0302. The van der Waals surface area contributed by atoms with Gasteiger partial charge in [0.15, 0.2) is 6.61 Å². The highest BCUT2D eigenvalue weighted by molar-refractivity contribution is 6.32. The van der Waals surface area contributed by atoms with Gasteiger partial charge in [-0.2, -0.15) is 0 Å². The van der Waals surface area contributed by atoms with Crippen LogP contribution in [-0.2, 0) is 9.53 Å². The van der Waals surface area contributed by atoms with Crippen LogP contribution in [0.3, 0.4) is 0 Å². The first-order chi connectivity index (χ1) is 9.66. The first-order valence-corrected chi connectivity index (χ1v) is 6.03. The normalized spacial score (nSPS) is 9.85. The highest BCUT2D eigenvalue weighted by atomic mass is 35.5. The zero-order valence-corrected chi connectivity index (χ0v) is 11.0. The van der Waals surface area contributed by atoms with Crippen molar-refractivity contribution in [1.29, 1.82) is 0 Å². The molecule has 2 rings (SSSR count). The van der Waals surface area contributed by atoms with Crippen LogP contribution in [0.25, 0.3) is 0 Å². The number of aromatic nitrogens is 2. The van der Waals surface area contributed by atoms with Crippen LogP contribution in [0.1, 0.15) is 10.4 Å². The van der Waals surface area contributed by atoms with E-state index < -0.39 is 18.5 Å². The number of hydrogen-bond donors (Lipinski definition) is 1. The molecule has 2 aromatic rings. The van der Waals surface area contributed by atoms with Gasteiger partial charge in [-0.25, -0.2) is 14.8 Å². The Kier molecular flexibility index (Phi) is 4.62. The van der Waals surface area contributed by atoms with E-state index in [1.54, 1.807) is 24.3 Å². The number of nitrogens with one attached hydrogen (secondary N) is 1. The van der Waals surface area contributed by atoms with Crippen molar-refractivity contribution in [3.8, 4) is 0 Å². The number of rotatable bonds is 4. The maximum Gasteiger partial charge on any atom is 0.341 e. The fourth-order valence-electron chi connectivity index (χ4n) is 1.36. The molecule has 0 aliphatic rings. The molecule has 0 aliphatic heterocycles. The Morgan fingerprint density at radius 3 is 2.65 bits per heavy atom. The molecular formula is C13H10ClN3O3. The molecule has 2 heterocycles. The van der Waals surface area contributed by atoms with E-state index in [0.717, 1.165) is 0 Å². The standard InChI is InChI=1S/C13H10ClN3O3/c14-12-9(4-3-7-16-12)13(19)20-8-11(18)17-10-5-1-2-6-15-10/h1-7H,8H2,(H,15,17,18). The lowest BCUT2D eigenvalue weighted by Gasteiger charge is -2.06. The second-order valence-electron chi connectivity index (χ2n) is 3.68. The monoisotopic (exact) mass is 291 g/mol. The number of pyridine rings is 2. The quantitative estimate of drug-likeness (QED) is 0.687. The van der Waals surface area contributed by atoms with Crippen LogP contribution in [0.2, 0.25) is 5.15 Å². The lowest BCUT2D eigenvalue weighted by Crippen LogP contribution is -2.21. The molecule has 0 saturated heterocycles. The third-order valence-corrected chi connectivity index (χ3v) is 2.55. The van der Waals surface area contributed by atoms with E-state index in [9.17, 15) is 9.59 Å². The number of ether oxygens (including phenoxy) is 1. The van der Waals surface area contributed by atoms with Crippen molar-refractivity contribution >= 4 is 29.3 Å². The summed E-state index contributed by atoms with van der Waals surface area (Å²) < 4.78 is 4.84. The molecule has 0 radical (unpaired) electrons. The number of carbonyl (C=O) groups excluding carboxylic acids is 2. The Hall–Kier alpha value is -2.47. The van der Waals surface area contributed by atoms with Crippen molar-refractivity contribution in [2.75, 3.05) is 11.9 Å². The van der Waals surface area contributed by atoms with Gasteiger partial charge in [-0.15, -0.1) is 0 Å². The molecule has 6 nitrogen and oxygen atoms in total. The average molecular weight is 292 g/mol. The maximum atomic E-state index is 11.7. The highest BCUT2D eigenvalue weighted by Gasteiger charge is 2.14. The van der Waals surface area contributed by atoms with Gasteiger partial charge in [-0.05, 0) is 24.3 Å². The topological polar surface area (TPSA) is 81.2 Å². The Bertz CT molecular complexity index is 619.